The lowest BCUT2D eigenvalue weighted by molar-refractivity contribution is -0.161. The molecular weight excluding hydrogens is 675 g/mol. The lowest BCUT2D eigenvalue weighted by atomic mass is 10.0. The van der Waals surface area contributed by atoms with E-state index in [0.717, 1.165) is 44.9 Å². The lowest BCUT2D eigenvalue weighted by Crippen LogP contribution is -2.29. The number of rotatable bonds is 40. The van der Waals surface area contributed by atoms with Gasteiger partial charge in [-0.1, -0.05) is 186 Å². The van der Waals surface area contributed by atoms with Crippen molar-refractivity contribution < 1.29 is 37.9 Å². The first-order chi connectivity index (χ1) is 25.3. The van der Waals surface area contributed by atoms with Gasteiger partial charge >= 0.3 is 19.8 Å². The standard InChI is InChI=1S/C43H81O8P/c1-3-5-7-9-11-13-15-17-19-20-21-22-24-26-28-30-32-34-36-38-43(45)51-41(40-50-52(46,47)48)39-49-42(44)37-35-33-31-29-27-25-23-18-16-14-12-10-8-6-4-2/h18,23,27,29,41H,3-17,19-22,24-26,28,30-40H2,1-2H3,(H2,46,47,48)/b23-18+,29-27+/t41-/m1/s1. The summed E-state index contributed by atoms with van der Waals surface area (Å²) in [5.41, 5.74) is 0. The molecule has 0 bridgehead atoms. The molecule has 0 aromatic carbocycles. The summed E-state index contributed by atoms with van der Waals surface area (Å²) in [5, 5.41) is 0. The monoisotopic (exact) mass is 757 g/mol. The topological polar surface area (TPSA) is 119 Å². The van der Waals surface area contributed by atoms with Gasteiger partial charge < -0.3 is 19.3 Å². The highest BCUT2D eigenvalue weighted by Gasteiger charge is 2.22. The van der Waals surface area contributed by atoms with E-state index in [4.69, 9.17) is 19.3 Å². The van der Waals surface area contributed by atoms with Gasteiger partial charge in [-0.2, -0.15) is 0 Å². The van der Waals surface area contributed by atoms with Gasteiger partial charge in [0.25, 0.3) is 0 Å². The van der Waals surface area contributed by atoms with Gasteiger partial charge in [-0.3, -0.25) is 14.1 Å². The van der Waals surface area contributed by atoms with Crippen LogP contribution in [0.25, 0.3) is 0 Å². The normalized spacial score (nSPS) is 12.6. The Morgan fingerprint density at radius 3 is 1.31 bits per heavy atom. The molecule has 0 aromatic rings. The van der Waals surface area contributed by atoms with Gasteiger partial charge in [0.15, 0.2) is 6.10 Å². The van der Waals surface area contributed by atoms with Crippen LogP contribution < -0.4 is 0 Å². The van der Waals surface area contributed by atoms with Gasteiger partial charge in [0.1, 0.15) is 6.61 Å². The van der Waals surface area contributed by atoms with Crippen LogP contribution in [0.2, 0.25) is 0 Å². The van der Waals surface area contributed by atoms with Crippen molar-refractivity contribution in [2.75, 3.05) is 13.2 Å². The number of phosphoric acid groups is 1. The lowest BCUT2D eigenvalue weighted by Gasteiger charge is -2.18. The predicted octanol–water partition coefficient (Wildman–Crippen LogP) is 13.2. The van der Waals surface area contributed by atoms with Gasteiger partial charge in [0.2, 0.25) is 0 Å². The van der Waals surface area contributed by atoms with Gasteiger partial charge in [-0.05, 0) is 44.9 Å². The third-order valence-corrected chi connectivity index (χ3v) is 9.96. The molecule has 8 nitrogen and oxygen atoms in total. The van der Waals surface area contributed by atoms with Gasteiger partial charge in [0, 0.05) is 12.8 Å². The van der Waals surface area contributed by atoms with Crippen LogP contribution in [0.15, 0.2) is 24.3 Å². The second kappa shape index (κ2) is 39.2. The van der Waals surface area contributed by atoms with Crippen LogP contribution in [0.5, 0.6) is 0 Å². The van der Waals surface area contributed by atoms with Gasteiger partial charge in [0.05, 0.1) is 6.61 Å². The fraction of sp³-hybridized carbons (Fsp3) is 0.860. The molecule has 0 aromatic heterocycles. The van der Waals surface area contributed by atoms with Crippen molar-refractivity contribution in [3.05, 3.63) is 24.3 Å². The Kier molecular flexibility index (Phi) is 38.1. The van der Waals surface area contributed by atoms with E-state index < -0.39 is 32.5 Å². The molecule has 9 heteroatoms. The summed E-state index contributed by atoms with van der Waals surface area (Å²) in [6.07, 6.45) is 44.8. The number of unbranched alkanes of at least 4 members (excludes halogenated alkanes) is 26. The molecule has 0 spiro atoms. The van der Waals surface area contributed by atoms with E-state index in [1.165, 1.54) is 135 Å². The van der Waals surface area contributed by atoms with Crippen LogP contribution in [0.1, 0.15) is 219 Å². The molecule has 0 radical (unpaired) electrons. The van der Waals surface area contributed by atoms with Crippen molar-refractivity contribution in [1.82, 2.24) is 0 Å². The van der Waals surface area contributed by atoms with Crippen LogP contribution in [0.3, 0.4) is 0 Å². The highest BCUT2D eigenvalue weighted by atomic mass is 31.2. The minimum atomic E-state index is -4.76. The average molecular weight is 757 g/mol. The Morgan fingerprint density at radius 2 is 0.865 bits per heavy atom. The van der Waals surface area contributed by atoms with E-state index in [-0.39, 0.29) is 19.4 Å². The molecule has 0 aliphatic heterocycles. The molecule has 52 heavy (non-hydrogen) atoms. The van der Waals surface area contributed by atoms with Crippen molar-refractivity contribution in [2.24, 2.45) is 0 Å². The number of hydrogen-bond acceptors (Lipinski definition) is 6. The zero-order valence-corrected chi connectivity index (χ0v) is 34.6. The second-order valence-electron chi connectivity index (χ2n) is 14.7. The number of hydrogen-bond donors (Lipinski definition) is 2. The predicted molar refractivity (Wildman–Crippen MR) is 216 cm³/mol. The summed E-state index contributed by atoms with van der Waals surface area (Å²) in [5.74, 6) is -0.913. The number of phosphoric ester groups is 1. The summed E-state index contributed by atoms with van der Waals surface area (Å²) >= 11 is 0. The molecular formula is C43H81O8P. The zero-order valence-electron chi connectivity index (χ0n) is 33.7. The first-order valence-corrected chi connectivity index (χ1v) is 23.2. The first-order valence-electron chi connectivity index (χ1n) is 21.6. The van der Waals surface area contributed by atoms with Crippen molar-refractivity contribution in [3.8, 4) is 0 Å². The fourth-order valence-electron chi connectivity index (χ4n) is 6.23. The van der Waals surface area contributed by atoms with E-state index in [0.29, 0.717) is 12.8 Å². The average Bonchev–Trinajstić information content (AvgIpc) is 3.11. The Hall–Kier alpha value is -1.47. The van der Waals surface area contributed by atoms with Crippen LogP contribution >= 0.6 is 7.82 Å². The van der Waals surface area contributed by atoms with Crippen LogP contribution in [0, 0.1) is 0 Å². The Balaban J connectivity index is 3.91. The van der Waals surface area contributed by atoms with Crippen molar-refractivity contribution in [2.45, 2.75) is 225 Å². The van der Waals surface area contributed by atoms with E-state index in [9.17, 15) is 14.2 Å². The summed E-state index contributed by atoms with van der Waals surface area (Å²) < 4.78 is 26.4. The molecule has 0 saturated heterocycles. The molecule has 0 heterocycles. The molecule has 0 rings (SSSR count). The first kappa shape index (κ1) is 50.5. The van der Waals surface area contributed by atoms with Crippen molar-refractivity contribution in [3.63, 3.8) is 0 Å². The van der Waals surface area contributed by atoms with Gasteiger partial charge in [-0.25, -0.2) is 4.57 Å². The maximum absolute atomic E-state index is 12.4. The molecule has 306 valence electrons. The van der Waals surface area contributed by atoms with Crippen LogP contribution in [-0.4, -0.2) is 41.0 Å². The SMILES string of the molecule is CCCCCCCC/C=C/C/C=C/CCCCC(=O)OC[C@H](COP(=O)(O)O)OC(=O)CCCCCCCCCCCCCCCCCCCCC. The van der Waals surface area contributed by atoms with Crippen molar-refractivity contribution >= 4 is 19.8 Å². The molecule has 0 unspecified atom stereocenters. The molecule has 1 atom stereocenters. The van der Waals surface area contributed by atoms with E-state index in [1.54, 1.807) is 0 Å². The summed E-state index contributed by atoms with van der Waals surface area (Å²) in [4.78, 5) is 42.8. The quantitative estimate of drug-likeness (QED) is 0.0274. The highest BCUT2D eigenvalue weighted by Crippen LogP contribution is 2.36. The van der Waals surface area contributed by atoms with Crippen molar-refractivity contribution in [1.29, 1.82) is 0 Å². The largest absolute Gasteiger partial charge is 0.469 e. The Bertz CT molecular complexity index is 900. The van der Waals surface area contributed by atoms with E-state index in [2.05, 4.69) is 42.7 Å². The minimum Gasteiger partial charge on any atom is -0.462 e. The highest BCUT2D eigenvalue weighted by molar-refractivity contribution is 7.46. The molecule has 0 aliphatic rings. The third kappa shape index (κ3) is 41.3. The molecule has 2 N–H and O–H groups in total. The number of carbonyl (C=O) groups excluding carboxylic acids is 2. The van der Waals surface area contributed by atoms with E-state index >= 15 is 0 Å². The molecule has 0 fully saturated rings. The number of allylic oxidation sites excluding steroid dienone is 4. The Morgan fingerprint density at radius 1 is 0.500 bits per heavy atom. The summed E-state index contributed by atoms with van der Waals surface area (Å²) in [6.45, 7) is 3.67. The summed E-state index contributed by atoms with van der Waals surface area (Å²) in [6, 6.07) is 0. The van der Waals surface area contributed by atoms with Crippen LogP contribution in [-0.2, 0) is 28.2 Å². The fourth-order valence-corrected chi connectivity index (χ4v) is 6.59. The molecule has 0 saturated carbocycles. The molecule has 0 amide bonds. The third-order valence-electron chi connectivity index (χ3n) is 9.47. The minimum absolute atomic E-state index is 0.210. The smallest absolute Gasteiger partial charge is 0.462 e. The Labute approximate surface area is 319 Å². The van der Waals surface area contributed by atoms with Gasteiger partial charge in [-0.15, -0.1) is 0 Å². The number of ether oxygens (including phenoxy) is 2. The zero-order chi connectivity index (χ0) is 38.2. The maximum atomic E-state index is 12.4. The summed E-state index contributed by atoms with van der Waals surface area (Å²) in [7, 11) is -4.76. The van der Waals surface area contributed by atoms with E-state index in [1.807, 2.05) is 0 Å². The number of carbonyl (C=O) groups is 2. The second-order valence-corrected chi connectivity index (χ2v) is 15.9. The maximum Gasteiger partial charge on any atom is 0.469 e. The van der Waals surface area contributed by atoms with Crippen LogP contribution in [0.4, 0.5) is 0 Å². The number of esters is 2. The molecule has 0 aliphatic carbocycles.